The minimum atomic E-state index is -4.81. The Balaban J connectivity index is 3.07. The van der Waals surface area contributed by atoms with Crippen LogP contribution in [0.25, 0.3) is 0 Å². The first-order valence-corrected chi connectivity index (χ1v) is 9.62. The molecule has 25 heavy (non-hydrogen) atoms. The first-order chi connectivity index (χ1) is 11.6. The monoisotopic (exact) mass is 370 g/mol. The molecule has 8 nitrogen and oxygen atoms in total. The Labute approximate surface area is 148 Å². The van der Waals surface area contributed by atoms with Crippen LogP contribution >= 0.6 is 7.75 Å². The van der Waals surface area contributed by atoms with Crippen molar-refractivity contribution >= 4 is 31.0 Å². The van der Waals surface area contributed by atoms with E-state index in [-0.39, 0.29) is 11.7 Å². The van der Waals surface area contributed by atoms with Crippen molar-refractivity contribution in [2.75, 3.05) is 18.8 Å². The zero-order chi connectivity index (χ0) is 19.2. The predicted molar refractivity (Wildman–Crippen MR) is 100 cm³/mol. The fourth-order valence-corrected chi connectivity index (χ4v) is 2.85. The normalized spacial score (nSPS) is 13.3. The molecular weight excluding hydrogens is 343 g/mol. The van der Waals surface area contributed by atoms with E-state index in [2.05, 4.69) is 10.3 Å². The van der Waals surface area contributed by atoms with Gasteiger partial charge in [0.2, 0.25) is 0 Å². The topological polar surface area (TPSA) is 105 Å². The number of amidine groups is 1. The molecule has 140 valence electrons. The van der Waals surface area contributed by atoms with Crippen molar-refractivity contribution in [3.05, 3.63) is 24.3 Å². The number of hydrogen-bond donors (Lipinski definition) is 3. The van der Waals surface area contributed by atoms with E-state index < -0.39 is 13.8 Å². The Morgan fingerprint density at radius 3 is 2.28 bits per heavy atom. The van der Waals surface area contributed by atoms with Crippen LogP contribution in [0.5, 0.6) is 0 Å². The molecule has 0 radical (unpaired) electrons. The molecule has 0 bridgehead atoms. The van der Waals surface area contributed by atoms with Gasteiger partial charge in [0, 0.05) is 20.1 Å². The van der Waals surface area contributed by atoms with Crippen molar-refractivity contribution in [3.8, 4) is 0 Å². The molecule has 1 unspecified atom stereocenters. The van der Waals surface area contributed by atoms with E-state index in [9.17, 15) is 19.1 Å². The van der Waals surface area contributed by atoms with Crippen LogP contribution in [-0.2, 0) is 4.57 Å². The molecule has 1 rings (SSSR count). The van der Waals surface area contributed by atoms with Gasteiger partial charge in [0.25, 0.3) is 0 Å². The lowest BCUT2D eigenvalue weighted by Gasteiger charge is -2.25. The number of urea groups is 1. The summed E-state index contributed by atoms with van der Waals surface area (Å²) in [5, 5.41) is 2.61. The highest BCUT2D eigenvalue weighted by atomic mass is 31.2. The fraction of sp³-hybridized carbons (Fsp3) is 0.500. The number of hydrogen-bond acceptors (Lipinski definition) is 3. The van der Waals surface area contributed by atoms with Crippen molar-refractivity contribution in [1.29, 1.82) is 0 Å². The number of carbonyl (C=O) groups excluding carboxylic acids is 1. The zero-order valence-corrected chi connectivity index (χ0v) is 16.2. The summed E-state index contributed by atoms with van der Waals surface area (Å²) >= 11 is 0. The number of aliphatic imine (C=N–C) groups is 1. The minimum Gasteiger partial charge on any atom is -0.366 e. The van der Waals surface area contributed by atoms with E-state index in [4.69, 9.17) is 0 Å². The summed E-state index contributed by atoms with van der Waals surface area (Å²) in [4.78, 5) is 37.7. The Morgan fingerprint density at radius 2 is 1.84 bits per heavy atom. The molecule has 1 aromatic carbocycles. The van der Waals surface area contributed by atoms with Crippen molar-refractivity contribution in [2.24, 2.45) is 4.99 Å². The van der Waals surface area contributed by atoms with Gasteiger partial charge in [-0.2, -0.15) is 4.67 Å². The molecule has 3 N–H and O–H groups in total. The fourth-order valence-electron chi connectivity index (χ4n) is 2.12. The lowest BCUT2D eigenvalue weighted by atomic mass is 10.2. The molecule has 0 aliphatic rings. The van der Waals surface area contributed by atoms with Gasteiger partial charge in [-0.05, 0) is 44.5 Å². The highest BCUT2D eigenvalue weighted by molar-refractivity contribution is 7.54. The van der Waals surface area contributed by atoms with Crippen LogP contribution in [0.15, 0.2) is 29.3 Å². The molecule has 9 heteroatoms. The van der Waals surface area contributed by atoms with Gasteiger partial charge in [0.15, 0.2) is 0 Å². The summed E-state index contributed by atoms with van der Waals surface area (Å²) in [6.45, 7) is 5.61. The first kappa shape index (κ1) is 21.2. The Kier molecular flexibility index (Phi) is 7.60. The number of benzene rings is 1. The molecule has 0 saturated carbocycles. The predicted octanol–water partition coefficient (Wildman–Crippen LogP) is 3.10. The summed E-state index contributed by atoms with van der Waals surface area (Å²) in [5.74, 6) is 0.783. The quantitative estimate of drug-likeness (QED) is 0.405. The second kappa shape index (κ2) is 8.99. The van der Waals surface area contributed by atoms with Crippen LogP contribution in [0.3, 0.4) is 0 Å². The number of nitrogens with one attached hydrogen (secondary N) is 1. The van der Waals surface area contributed by atoms with Gasteiger partial charge < -0.3 is 20.0 Å². The van der Waals surface area contributed by atoms with Gasteiger partial charge in [-0.25, -0.2) is 14.4 Å². The van der Waals surface area contributed by atoms with E-state index in [0.717, 1.165) is 18.7 Å². The summed E-state index contributed by atoms with van der Waals surface area (Å²) in [5.41, 5.74) is 0.733. The highest BCUT2D eigenvalue weighted by Gasteiger charge is 2.33. The third-order valence-corrected chi connectivity index (χ3v) is 4.51. The molecule has 0 spiro atoms. The highest BCUT2D eigenvalue weighted by Crippen LogP contribution is 2.44. The van der Waals surface area contributed by atoms with Crippen LogP contribution in [0.2, 0.25) is 0 Å². The summed E-state index contributed by atoms with van der Waals surface area (Å²) in [6, 6.07) is 5.13. The van der Waals surface area contributed by atoms with Crippen LogP contribution in [0, 0.1) is 0 Å². The maximum absolute atomic E-state index is 12.3. The summed E-state index contributed by atoms with van der Waals surface area (Å²) in [6.07, 6.45) is 1.58. The van der Waals surface area contributed by atoms with Crippen molar-refractivity contribution in [2.45, 2.75) is 39.7 Å². The molecule has 2 amide bonds. The van der Waals surface area contributed by atoms with Gasteiger partial charge in [0.05, 0.1) is 11.4 Å². The number of amides is 2. The largest absolute Gasteiger partial charge is 0.438 e. The molecule has 0 saturated heterocycles. The second-order valence-corrected chi connectivity index (χ2v) is 7.46. The van der Waals surface area contributed by atoms with Crippen molar-refractivity contribution in [3.63, 3.8) is 0 Å². The Hall–Kier alpha value is -1.89. The molecule has 0 aliphatic heterocycles. The summed E-state index contributed by atoms with van der Waals surface area (Å²) in [7, 11) is -1.08. The van der Waals surface area contributed by atoms with E-state index in [0.29, 0.717) is 10.4 Å². The second-order valence-electron chi connectivity index (χ2n) is 6.03. The molecule has 0 aromatic heterocycles. The lowest BCUT2D eigenvalue weighted by molar-refractivity contribution is 0.243. The molecule has 1 atom stereocenters. The molecule has 0 heterocycles. The van der Waals surface area contributed by atoms with E-state index in [1.54, 1.807) is 19.1 Å². The number of rotatable bonds is 6. The van der Waals surface area contributed by atoms with Gasteiger partial charge >= 0.3 is 13.8 Å². The number of carbonyl (C=O) groups is 1. The van der Waals surface area contributed by atoms with Gasteiger partial charge in [-0.1, -0.05) is 13.3 Å². The molecule has 0 aliphatic carbocycles. The average Bonchev–Trinajstić information content (AvgIpc) is 2.47. The first-order valence-electron chi connectivity index (χ1n) is 8.05. The SMILES string of the molecule is CCCC(C)NC(=O)N(c1ccc(N=C(C)N(C)C)cc1)P(=O)(O)O. The summed E-state index contributed by atoms with van der Waals surface area (Å²) < 4.78 is 12.3. The number of nitrogens with zero attached hydrogens (tertiary/aromatic N) is 3. The van der Waals surface area contributed by atoms with Gasteiger partial charge in [-0.3, -0.25) is 0 Å². The maximum atomic E-state index is 12.3. The average molecular weight is 370 g/mol. The smallest absolute Gasteiger partial charge is 0.366 e. The minimum absolute atomic E-state index is 0.107. The van der Waals surface area contributed by atoms with Crippen LogP contribution < -0.4 is 9.99 Å². The molecular formula is C16H27N4O4P. The van der Waals surface area contributed by atoms with Crippen LogP contribution in [0.4, 0.5) is 16.2 Å². The number of anilines is 1. The third kappa shape index (κ3) is 6.49. The molecule has 0 fully saturated rings. The Morgan fingerprint density at radius 1 is 1.28 bits per heavy atom. The van der Waals surface area contributed by atoms with E-state index in [1.807, 2.05) is 32.8 Å². The zero-order valence-electron chi connectivity index (χ0n) is 15.3. The van der Waals surface area contributed by atoms with Gasteiger partial charge in [-0.15, -0.1) is 0 Å². The van der Waals surface area contributed by atoms with Crippen LogP contribution in [-0.4, -0.2) is 46.7 Å². The van der Waals surface area contributed by atoms with E-state index >= 15 is 0 Å². The van der Waals surface area contributed by atoms with Crippen LogP contribution in [0.1, 0.15) is 33.6 Å². The lowest BCUT2D eigenvalue weighted by Crippen LogP contribution is -2.42. The Bertz CT molecular complexity index is 655. The standard InChI is InChI=1S/C16H27N4O4P/c1-6-7-12(2)17-16(21)20(25(22,23)24)15-10-8-14(9-11-15)18-13(3)19(4)5/h8-12H,6-7H2,1-5H3,(H,17,21)(H2,22,23,24). The molecule has 1 aromatic rings. The van der Waals surface area contributed by atoms with E-state index in [1.165, 1.54) is 12.1 Å². The van der Waals surface area contributed by atoms with Gasteiger partial charge in [0.1, 0.15) is 5.84 Å². The van der Waals surface area contributed by atoms with Crippen molar-refractivity contribution in [1.82, 2.24) is 10.2 Å². The van der Waals surface area contributed by atoms with Crippen molar-refractivity contribution < 1.29 is 19.1 Å². The third-order valence-electron chi connectivity index (χ3n) is 3.58. The maximum Gasteiger partial charge on any atom is 0.438 e.